The van der Waals surface area contributed by atoms with Gasteiger partial charge in [-0.2, -0.15) is 0 Å². The number of halogens is 1. The van der Waals surface area contributed by atoms with Gasteiger partial charge in [-0.05, 0) is 20.8 Å². The summed E-state index contributed by atoms with van der Waals surface area (Å²) in [6.45, 7) is 7.28. The molecule has 0 atom stereocenters. The Kier molecular flexibility index (Phi) is 3.35. The maximum absolute atomic E-state index is 11.4. The SMILES string of the molecule is CC(C)(C)C(=O)ON1CC(CBr)C1. The normalized spacial score (nSPS) is 19.7. The van der Waals surface area contributed by atoms with Crippen molar-refractivity contribution in [3.05, 3.63) is 0 Å². The number of carbonyl (C=O) groups excluding carboxylic acids is 1. The third-order valence-electron chi connectivity index (χ3n) is 1.97. The lowest BCUT2D eigenvalue weighted by molar-refractivity contribution is -0.226. The standard InChI is InChI=1S/C9H16BrNO2/c1-9(2,3)8(12)13-11-5-7(4-10)6-11/h7H,4-6H2,1-3H3. The quantitative estimate of drug-likeness (QED) is 0.700. The fourth-order valence-corrected chi connectivity index (χ4v) is 1.36. The number of nitrogens with zero attached hydrogens (tertiary/aromatic N) is 1. The molecule has 0 aliphatic carbocycles. The monoisotopic (exact) mass is 249 g/mol. The van der Waals surface area contributed by atoms with E-state index in [1.165, 1.54) is 0 Å². The summed E-state index contributed by atoms with van der Waals surface area (Å²) in [5, 5.41) is 2.70. The molecule has 0 radical (unpaired) electrons. The molecule has 1 aliphatic heterocycles. The Morgan fingerprint density at radius 2 is 2.08 bits per heavy atom. The predicted octanol–water partition coefficient (Wildman–Crippen LogP) is 1.82. The number of alkyl halides is 1. The molecule has 4 heteroatoms. The van der Waals surface area contributed by atoms with Crippen molar-refractivity contribution < 1.29 is 9.63 Å². The average Bonchev–Trinajstić information content (AvgIpc) is 1.93. The lowest BCUT2D eigenvalue weighted by Gasteiger charge is -2.37. The van der Waals surface area contributed by atoms with Gasteiger partial charge in [0.2, 0.25) is 0 Å². The second-order valence-corrected chi connectivity index (χ2v) is 5.14. The number of hydrogen-bond donors (Lipinski definition) is 0. The maximum atomic E-state index is 11.4. The van der Waals surface area contributed by atoms with E-state index < -0.39 is 5.41 Å². The van der Waals surface area contributed by atoms with Crippen LogP contribution in [0.4, 0.5) is 0 Å². The van der Waals surface area contributed by atoms with E-state index in [4.69, 9.17) is 4.84 Å². The first kappa shape index (κ1) is 11.0. The summed E-state index contributed by atoms with van der Waals surface area (Å²) in [7, 11) is 0. The highest BCUT2D eigenvalue weighted by molar-refractivity contribution is 9.09. The van der Waals surface area contributed by atoms with Crippen molar-refractivity contribution in [1.82, 2.24) is 5.06 Å². The van der Waals surface area contributed by atoms with E-state index in [1.54, 1.807) is 5.06 Å². The van der Waals surface area contributed by atoms with Gasteiger partial charge >= 0.3 is 5.97 Å². The molecular weight excluding hydrogens is 234 g/mol. The van der Waals surface area contributed by atoms with Gasteiger partial charge in [-0.25, -0.2) is 4.79 Å². The lowest BCUT2D eigenvalue weighted by atomic mass is 9.97. The molecule has 0 aromatic heterocycles. The van der Waals surface area contributed by atoms with Crippen LogP contribution in [0.2, 0.25) is 0 Å². The zero-order valence-electron chi connectivity index (χ0n) is 8.34. The highest BCUT2D eigenvalue weighted by Gasteiger charge is 2.32. The molecule has 3 nitrogen and oxygen atoms in total. The first-order chi connectivity index (χ1) is 5.93. The number of rotatable bonds is 2. The van der Waals surface area contributed by atoms with Gasteiger partial charge in [0, 0.05) is 24.3 Å². The molecule has 0 aromatic rings. The molecular formula is C9H16BrNO2. The van der Waals surface area contributed by atoms with Crippen LogP contribution in [-0.4, -0.2) is 29.5 Å². The fraction of sp³-hybridized carbons (Fsp3) is 0.889. The van der Waals surface area contributed by atoms with Crippen LogP contribution in [-0.2, 0) is 9.63 Å². The summed E-state index contributed by atoms with van der Waals surface area (Å²) in [5.74, 6) is 0.480. The molecule has 1 heterocycles. The number of hydrogen-bond acceptors (Lipinski definition) is 3. The summed E-state index contributed by atoms with van der Waals surface area (Å²) in [5.41, 5.74) is -0.403. The average molecular weight is 250 g/mol. The molecule has 1 saturated heterocycles. The van der Waals surface area contributed by atoms with Gasteiger partial charge in [-0.15, -0.1) is 5.06 Å². The molecule has 0 unspecified atom stereocenters. The lowest BCUT2D eigenvalue weighted by Crippen LogP contribution is -2.49. The Morgan fingerprint density at radius 3 is 2.46 bits per heavy atom. The molecule has 1 rings (SSSR count). The number of carbonyl (C=O) groups is 1. The van der Waals surface area contributed by atoms with Crippen LogP contribution in [0.5, 0.6) is 0 Å². The van der Waals surface area contributed by atoms with E-state index in [2.05, 4.69) is 15.9 Å². The third kappa shape index (κ3) is 2.95. The van der Waals surface area contributed by atoms with Crippen molar-refractivity contribution in [2.24, 2.45) is 11.3 Å². The van der Waals surface area contributed by atoms with Crippen LogP contribution in [0.3, 0.4) is 0 Å². The van der Waals surface area contributed by atoms with Crippen LogP contribution in [0.25, 0.3) is 0 Å². The molecule has 0 spiro atoms. The largest absolute Gasteiger partial charge is 0.367 e. The van der Waals surface area contributed by atoms with Crippen LogP contribution in [0.1, 0.15) is 20.8 Å². The van der Waals surface area contributed by atoms with Gasteiger partial charge in [0.05, 0.1) is 5.41 Å². The van der Waals surface area contributed by atoms with Crippen molar-refractivity contribution in [2.75, 3.05) is 18.4 Å². The van der Waals surface area contributed by atoms with Crippen LogP contribution < -0.4 is 0 Å². The van der Waals surface area contributed by atoms with Crippen molar-refractivity contribution >= 4 is 21.9 Å². The minimum Gasteiger partial charge on any atom is -0.367 e. The molecule has 13 heavy (non-hydrogen) atoms. The molecule has 76 valence electrons. The maximum Gasteiger partial charge on any atom is 0.330 e. The fourth-order valence-electron chi connectivity index (χ4n) is 0.949. The highest BCUT2D eigenvalue weighted by Crippen LogP contribution is 2.22. The Balaban J connectivity index is 2.25. The smallest absolute Gasteiger partial charge is 0.330 e. The zero-order valence-corrected chi connectivity index (χ0v) is 9.93. The van der Waals surface area contributed by atoms with E-state index in [0.29, 0.717) is 5.92 Å². The Hall–Kier alpha value is -0.0900. The Morgan fingerprint density at radius 1 is 1.54 bits per heavy atom. The van der Waals surface area contributed by atoms with Gasteiger partial charge in [0.1, 0.15) is 0 Å². The van der Waals surface area contributed by atoms with E-state index in [1.807, 2.05) is 20.8 Å². The molecule has 0 bridgehead atoms. The van der Waals surface area contributed by atoms with Crippen molar-refractivity contribution in [2.45, 2.75) is 20.8 Å². The van der Waals surface area contributed by atoms with Crippen molar-refractivity contribution in [3.8, 4) is 0 Å². The van der Waals surface area contributed by atoms with Crippen molar-refractivity contribution in [1.29, 1.82) is 0 Å². The van der Waals surface area contributed by atoms with Gasteiger partial charge in [-0.3, -0.25) is 0 Å². The van der Waals surface area contributed by atoms with Gasteiger partial charge in [-0.1, -0.05) is 15.9 Å². The summed E-state index contributed by atoms with van der Waals surface area (Å²) < 4.78 is 0. The second-order valence-electron chi connectivity index (χ2n) is 4.50. The van der Waals surface area contributed by atoms with E-state index >= 15 is 0 Å². The van der Waals surface area contributed by atoms with E-state index in [0.717, 1.165) is 18.4 Å². The first-order valence-electron chi connectivity index (χ1n) is 4.47. The summed E-state index contributed by atoms with van der Waals surface area (Å²) in [6, 6.07) is 0. The molecule has 0 N–H and O–H groups in total. The Labute approximate surface area is 87.5 Å². The van der Waals surface area contributed by atoms with Crippen LogP contribution in [0.15, 0.2) is 0 Å². The zero-order chi connectivity index (χ0) is 10.1. The first-order valence-corrected chi connectivity index (χ1v) is 5.59. The minimum atomic E-state index is -0.403. The number of hydroxylamine groups is 2. The summed E-state index contributed by atoms with van der Waals surface area (Å²) in [6.07, 6.45) is 0. The minimum absolute atomic E-state index is 0.152. The third-order valence-corrected chi connectivity index (χ3v) is 2.88. The molecule has 1 fully saturated rings. The van der Waals surface area contributed by atoms with Crippen molar-refractivity contribution in [3.63, 3.8) is 0 Å². The van der Waals surface area contributed by atoms with E-state index in [-0.39, 0.29) is 5.97 Å². The Bertz CT molecular complexity index is 194. The summed E-state index contributed by atoms with van der Waals surface area (Å²) in [4.78, 5) is 16.5. The van der Waals surface area contributed by atoms with Gasteiger partial charge in [0.15, 0.2) is 0 Å². The predicted molar refractivity (Wildman–Crippen MR) is 54.4 cm³/mol. The van der Waals surface area contributed by atoms with Crippen LogP contribution >= 0.6 is 15.9 Å². The molecule has 0 amide bonds. The van der Waals surface area contributed by atoms with Gasteiger partial charge in [0.25, 0.3) is 0 Å². The summed E-state index contributed by atoms with van der Waals surface area (Å²) >= 11 is 3.39. The molecule has 0 aromatic carbocycles. The molecule has 0 saturated carbocycles. The van der Waals surface area contributed by atoms with Crippen LogP contribution in [0, 0.1) is 11.3 Å². The second kappa shape index (κ2) is 3.96. The highest BCUT2D eigenvalue weighted by atomic mass is 79.9. The van der Waals surface area contributed by atoms with Gasteiger partial charge < -0.3 is 4.84 Å². The van der Waals surface area contributed by atoms with E-state index in [9.17, 15) is 4.79 Å². The molecule has 1 aliphatic rings. The topological polar surface area (TPSA) is 29.5 Å².